The summed E-state index contributed by atoms with van der Waals surface area (Å²) < 4.78 is 22.1. The first-order valence-electron chi connectivity index (χ1n) is 7.27. The number of ketones is 1. The highest BCUT2D eigenvalue weighted by Crippen LogP contribution is 2.43. The summed E-state index contributed by atoms with van der Waals surface area (Å²) in [4.78, 5) is 12.9. The molecule has 1 aliphatic rings. The number of benzene rings is 1. The summed E-state index contributed by atoms with van der Waals surface area (Å²) >= 11 is 0. The second-order valence-corrected chi connectivity index (χ2v) is 10.9. The van der Waals surface area contributed by atoms with E-state index in [1.54, 1.807) is 32.2 Å². The van der Waals surface area contributed by atoms with Crippen molar-refractivity contribution < 1.29 is 23.4 Å². The maximum absolute atomic E-state index is 12.9. The van der Waals surface area contributed by atoms with Gasteiger partial charge in [-0.1, -0.05) is 0 Å². The molecule has 0 bridgehead atoms. The predicted molar refractivity (Wildman–Crippen MR) is 88.6 cm³/mol. The van der Waals surface area contributed by atoms with Gasteiger partial charge in [-0.25, -0.2) is 0 Å². The van der Waals surface area contributed by atoms with Crippen LogP contribution in [0.5, 0.6) is 11.5 Å². The molecule has 1 heterocycles. The zero-order valence-electron chi connectivity index (χ0n) is 14.4. The first-order valence-corrected chi connectivity index (χ1v) is 10.7. The smallest absolute Gasteiger partial charge is 0.249 e. The van der Waals surface area contributed by atoms with Crippen LogP contribution < -0.4 is 15.2 Å². The molecule has 1 aromatic rings. The average Bonchev–Trinajstić information content (AvgIpc) is 2.69. The first kappa shape index (κ1) is 17.2. The Balaban J connectivity index is 2.44. The van der Waals surface area contributed by atoms with Crippen LogP contribution in [0.3, 0.4) is 0 Å². The fourth-order valence-corrected chi connectivity index (χ4v) is 3.22. The summed E-state index contributed by atoms with van der Waals surface area (Å²) in [6.45, 7) is 7.59. The van der Waals surface area contributed by atoms with Gasteiger partial charge in [0.1, 0.15) is 11.5 Å². The lowest BCUT2D eigenvalue weighted by molar-refractivity contribution is -0.131. The molecule has 0 spiro atoms. The van der Waals surface area contributed by atoms with Crippen LogP contribution in [0.25, 0.3) is 0 Å². The maximum atomic E-state index is 12.9. The van der Waals surface area contributed by atoms with Gasteiger partial charge >= 0.3 is 0 Å². The molecule has 0 radical (unpaired) electrons. The van der Waals surface area contributed by atoms with Gasteiger partial charge in [0.25, 0.3) is 0 Å². The van der Waals surface area contributed by atoms with Crippen LogP contribution in [0, 0.1) is 0 Å². The van der Waals surface area contributed by atoms with Gasteiger partial charge < -0.3 is 24.4 Å². The Morgan fingerprint density at radius 2 is 1.83 bits per heavy atom. The quantitative estimate of drug-likeness (QED) is 0.832. The van der Waals surface area contributed by atoms with Gasteiger partial charge in [-0.2, -0.15) is 0 Å². The van der Waals surface area contributed by atoms with Crippen molar-refractivity contribution >= 4 is 14.1 Å². The highest BCUT2D eigenvalue weighted by Gasteiger charge is 2.50. The lowest BCUT2D eigenvalue weighted by Crippen LogP contribution is -2.34. The minimum atomic E-state index is -2.00. The van der Waals surface area contributed by atoms with Gasteiger partial charge in [-0.05, 0) is 38.7 Å². The van der Waals surface area contributed by atoms with E-state index in [0.717, 1.165) is 0 Å². The third kappa shape index (κ3) is 3.14. The summed E-state index contributed by atoms with van der Waals surface area (Å²) in [5.41, 5.74) is 5.20. The number of hydrogen-bond donors (Lipinski definition) is 1. The summed E-state index contributed by atoms with van der Waals surface area (Å²) in [6.07, 6.45) is 0. The van der Waals surface area contributed by atoms with E-state index in [1.807, 2.05) is 19.6 Å². The van der Waals surface area contributed by atoms with Gasteiger partial charge in [0, 0.05) is 11.6 Å². The molecule has 6 nitrogen and oxygen atoms in total. The van der Waals surface area contributed by atoms with Gasteiger partial charge in [-0.15, -0.1) is 0 Å². The summed E-state index contributed by atoms with van der Waals surface area (Å²) in [5, 5.41) is 0. The molecule has 0 aliphatic carbocycles. The van der Waals surface area contributed by atoms with Crippen molar-refractivity contribution in [1.82, 2.24) is 0 Å². The Bertz CT molecular complexity index is 665. The second-order valence-electron chi connectivity index (χ2n) is 6.44. The number of ether oxygens (including phenoxy) is 3. The van der Waals surface area contributed by atoms with Crippen molar-refractivity contribution in [2.75, 3.05) is 14.2 Å². The molecule has 0 fully saturated rings. The van der Waals surface area contributed by atoms with Crippen molar-refractivity contribution in [2.24, 2.45) is 5.73 Å². The molecule has 7 heteroatoms. The Labute approximate surface area is 137 Å². The van der Waals surface area contributed by atoms with E-state index in [-0.39, 0.29) is 17.4 Å². The Hall–Kier alpha value is -2.15. The van der Waals surface area contributed by atoms with Crippen LogP contribution >= 0.6 is 0 Å². The van der Waals surface area contributed by atoms with Crippen molar-refractivity contribution in [3.63, 3.8) is 0 Å². The molecular formula is C16H23NO5Si. The molecule has 1 atom stereocenters. The number of hydrogen-bond acceptors (Lipinski definition) is 6. The molecule has 1 unspecified atom stereocenters. The SMILES string of the molecule is COc1ccc(C2(C)OC(N)=C(O[Si](C)(C)C)C2=O)c(OC)c1. The molecule has 1 aliphatic heterocycles. The summed E-state index contributed by atoms with van der Waals surface area (Å²) in [5.74, 6) is 0.921. The number of carbonyl (C=O) groups is 1. The zero-order chi connectivity index (χ0) is 17.4. The molecule has 23 heavy (non-hydrogen) atoms. The molecule has 1 aromatic carbocycles. The van der Waals surface area contributed by atoms with Crippen molar-refractivity contribution in [1.29, 1.82) is 0 Å². The van der Waals surface area contributed by atoms with Crippen LogP contribution in [0.1, 0.15) is 12.5 Å². The van der Waals surface area contributed by atoms with Crippen LogP contribution in [0.15, 0.2) is 29.8 Å². The lowest BCUT2D eigenvalue weighted by atomic mass is 9.90. The summed E-state index contributed by atoms with van der Waals surface area (Å²) in [6, 6.07) is 5.18. The second kappa shape index (κ2) is 5.81. The Morgan fingerprint density at radius 3 is 2.35 bits per heavy atom. The largest absolute Gasteiger partial charge is 0.538 e. The molecule has 0 saturated heterocycles. The van der Waals surface area contributed by atoms with E-state index < -0.39 is 13.9 Å². The molecule has 2 rings (SSSR count). The van der Waals surface area contributed by atoms with Crippen molar-refractivity contribution in [3.8, 4) is 11.5 Å². The van der Waals surface area contributed by atoms with Crippen molar-refractivity contribution in [2.45, 2.75) is 32.2 Å². The zero-order valence-corrected chi connectivity index (χ0v) is 15.4. The van der Waals surface area contributed by atoms with E-state index in [9.17, 15) is 4.79 Å². The van der Waals surface area contributed by atoms with E-state index in [0.29, 0.717) is 17.1 Å². The normalized spacial score (nSPS) is 21.2. The lowest BCUT2D eigenvalue weighted by Gasteiger charge is -2.25. The standard InChI is InChI=1S/C16H23NO5Si/c1-16(11-8-7-10(19-2)9-12(11)20-3)14(18)13(15(17)21-16)22-23(4,5)6/h7-9H,17H2,1-6H3. The third-order valence-corrected chi connectivity index (χ3v) is 4.32. The molecule has 0 amide bonds. The minimum absolute atomic E-state index is 0.0118. The van der Waals surface area contributed by atoms with Crippen LogP contribution in [0.2, 0.25) is 19.6 Å². The number of methoxy groups -OCH3 is 2. The first-order chi connectivity index (χ1) is 10.6. The molecular weight excluding hydrogens is 314 g/mol. The summed E-state index contributed by atoms with van der Waals surface area (Å²) in [7, 11) is 1.09. The van der Waals surface area contributed by atoms with E-state index in [4.69, 9.17) is 24.4 Å². The number of Topliss-reactive ketones (excluding diaryl/α,β-unsaturated/α-hetero) is 1. The van der Waals surface area contributed by atoms with Crippen LogP contribution in [-0.2, 0) is 19.6 Å². The molecule has 2 N–H and O–H groups in total. The van der Waals surface area contributed by atoms with Crippen molar-refractivity contribution in [3.05, 3.63) is 35.4 Å². The fraction of sp³-hybridized carbons (Fsp3) is 0.438. The van der Waals surface area contributed by atoms with Crippen LogP contribution in [0.4, 0.5) is 0 Å². The van der Waals surface area contributed by atoms with E-state index in [2.05, 4.69) is 0 Å². The Kier molecular flexibility index (Phi) is 4.34. The maximum Gasteiger partial charge on any atom is 0.249 e. The minimum Gasteiger partial charge on any atom is -0.538 e. The number of nitrogens with two attached hydrogens (primary N) is 1. The van der Waals surface area contributed by atoms with Gasteiger partial charge in [0.05, 0.1) is 14.2 Å². The highest BCUT2D eigenvalue weighted by molar-refractivity contribution is 6.70. The highest BCUT2D eigenvalue weighted by atomic mass is 28.4. The average molecular weight is 337 g/mol. The van der Waals surface area contributed by atoms with E-state index >= 15 is 0 Å². The monoisotopic (exact) mass is 337 g/mol. The van der Waals surface area contributed by atoms with Gasteiger partial charge in [0.2, 0.25) is 31.3 Å². The molecule has 0 aromatic heterocycles. The van der Waals surface area contributed by atoms with Gasteiger partial charge in [-0.3, -0.25) is 4.79 Å². The predicted octanol–water partition coefficient (Wildman–Crippen LogP) is 2.50. The molecule has 126 valence electrons. The van der Waals surface area contributed by atoms with Crippen LogP contribution in [-0.4, -0.2) is 28.3 Å². The Morgan fingerprint density at radius 1 is 1.17 bits per heavy atom. The molecule has 0 saturated carbocycles. The third-order valence-electron chi connectivity index (χ3n) is 3.51. The van der Waals surface area contributed by atoms with E-state index in [1.165, 1.54) is 7.11 Å². The fourth-order valence-electron chi connectivity index (χ4n) is 2.41. The number of rotatable bonds is 5. The number of carbonyl (C=O) groups excluding carboxylic acids is 1. The van der Waals surface area contributed by atoms with Gasteiger partial charge in [0.15, 0.2) is 0 Å². The topological polar surface area (TPSA) is 80.0 Å².